The molecule has 0 saturated heterocycles. The molecule has 1 amide bonds. The summed E-state index contributed by atoms with van der Waals surface area (Å²) in [5, 5.41) is 11.3. The Balaban J connectivity index is 1.93. The van der Waals surface area contributed by atoms with Gasteiger partial charge in [0.1, 0.15) is 5.76 Å². The van der Waals surface area contributed by atoms with E-state index in [2.05, 4.69) is 27.0 Å². The Morgan fingerprint density at radius 2 is 2.12 bits per heavy atom. The van der Waals surface area contributed by atoms with Crippen LogP contribution in [0.3, 0.4) is 0 Å². The van der Waals surface area contributed by atoms with Crippen LogP contribution in [-0.2, 0) is 17.8 Å². The lowest BCUT2D eigenvalue weighted by Gasteiger charge is -2.24. The van der Waals surface area contributed by atoms with Gasteiger partial charge in [0.2, 0.25) is 5.91 Å². The van der Waals surface area contributed by atoms with Gasteiger partial charge < -0.3 is 20.4 Å². The van der Waals surface area contributed by atoms with Gasteiger partial charge in [-0.15, -0.1) is 11.3 Å². The monoisotopic (exact) mass is 362 g/mol. The maximum Gasteiger partial charge on any atom is 0.227 e. The van der Waals surface area contributed by atoms with Crippen molar-refractivity contribution in [1.82, 2.24) is 16.0 Å². The van der Waals surface area contributed by atoms with E-state index in [1.807, 2.05) is 37.4 Å². The van der Waals surface area contributed by atoms with E-state index in [1.54, 1.807) is 24.6 Å². The summed E-state index contributed by atoms with van der Waals surface area (Å²) in [6.07, 6.45) is 2.44. The molecule has 6 nitrogen and oxygen atoms in total. The molecule has 0 saturated carbocycles. The number of thiophene rings is 1. The molecule has 25 heavy (non-hydrogen) atoms. The fourth-order valence-corrected chi connectivity index (χ4v) is 2.84. The topological polar surface area (TPSA) is 78.7 Å². The summed E-state index contributed by atoms with van der Waals surface area (Å²) in [5.74, 6) is 1.61. The summed E-state index contributed by atoms with van der Waals surface area (Å²) in [7, 11) is 1.65. The third kappa shape index (κ3) is 6.26. The minimum atomic E-state index is -0.527. The van der Waals surface area contributed by atoms with E-state index in [-0.39, 0.29) is 5.91 Å². The number of aliphatic imine (C=N–C) groups is 1. The fourth-order valence-electron chi connectivity index (χ4n) is 2.22. The molecule has 2 aromatic heterocycles. The number of amides is 1. The van der Waals surface area contributed by atoms with Crippen molar-refractivity contribution in [3.8, 4) is 0 Å². The molecule has 136 valence electrons. The van der Waals surface area contributed by atoms with Crippen LogP contribution >= 0.6 is 11.3 Å². The molecule has 0 aromatic carbocycles. The van der Waals surface area contributed by atoms with Crippen molar-refractivity contribution in [3.05, 3.63) is 46.5 Å². The Morgan fingerprint density at radius 1 is 1.28 bits per heavy atom. The summed E-state index contributed by atoms with van der Waals surface area (Å²) in [4.78, 5) is 17.7. The minimum Gasteiger partial charge on any atom is -0.469 e. The van der Waals surface area contributed by atoms with Crippen LogP contribution in [0.4, 0.5) is 0 Å². The molecule has 0 spiro atoms. The second kappa shape index (κ2) is 9.27. The summed E-state index contributed by atoms with van der Waals surface area (Å²) in [5.41, 5.74) is -0.527. The van der Waals surface area contributed by atoms with Gasteiger partial charge in [0, 0.05) is 31.4 Å². The highest BCUT2D eigenvalue weighted by Gasteiger charge is 2.26. The van der Waals surface area contributed by atoms with Crippen LogP contribution in [-0.4, -0.2) is 32.0 Å². The van der Waals surface area contributed by atoms with E-state index in [9.17, 15) is 4.79 Å². The number of carbonyl (C=O) groups excluding carboxylic acids is 1. The van der Waals surface area contributed by atoms with Gasteiger partial charge in [0.05, 0.1) is 18.2 Å². The van der Waals surface area contributed by atoms with Crippen LogP contribution in [0.25, 0.3) is 0 Å². The van der Waals surface area contributed by atoms with Gasteiger partial charge in [0.15, 0.2) is 5.96 Å². The van der Waals surface area contributed by atoms with Crippen LogP contribution in [0.1, 0.15) is 24.5 Å². The van der Waals surface area contributed by atoms with Crippen molar-refractivity contribution < 1.29 is 9.21 Å². The third-order valence-corrected chi connectivity index (χ3v) is 4.62. The van der Waals surface area contributed by atoms with Crippen LogP contribution in [0.15, 0.2) is 45.3 Å². The lowest BCUT2D eigenvalue weighted by atomic mass is 9.92. The number of nitrogens with one attached hydrogen (secondary N) is 3. The summed E-state index contributed by atoms with van der Waals surface area (Å²) in [6, 6.07) is 7.91. The molecule has 0 aliphatic rings. The van der Waals surface area contributed by atoms with E-state index >= 15 is 0 Å². The number of hydrogen-bond acceptors (Lipinski definition) is 4. The molecule has 0 fully saturated rings. The molecular formula is C18H26N4O2S. The lowest BCUT2D eigenvalue weighted by molar-refractivity contribution is -0.128. The first-order chi connectivity index (χ1) is 12.0. The number of guanidine groups is 1. The van der Waals surface area contributed by atoms with Gasteiger partial charge in [-0.3, -0.25) is 4.79 Å². The maximum absolute atomic E-state index is 11.9. The average Bonchev–Trinajstić information content (AvgIpc) is 3.29. The maximum atomic E-state index is 11.9. The Labute approximate surface area is 152 Å². The molecule has 2 heterocycles. The van der Waals surface area contributed by atoms with Gasteiger partial charge >= 0.3 is 0 Å². The Bertz CT molecular complexity index is 663. The van der Waals surface area contributed by atoms with Gasteiger partial charge in [-0.1, -0.05) is 6.07 Å². The zero-order valence-corrected chi connectivity index (χ0v) is 15.8. The minimum absolute atomic E-state index is 0.00630. The Hall–Kier alpha value is -2.28. The van der Waals surface area contributed by atoms with Crippen molar-refractivity contribution in [2.45, 2.75) is 26.8 Å². The Morgan fingerprint density at radius 3 is 2.76 bits per heavy atom. The van der Waals surface area contributed by atoms with Crippen molar-refractivity contribution in [3.63, 3.8) is 0 Å². The number of rotatable bonds is 8. The molecule has 2 aromatic rings. The quantitative estimate of drug-likeness (QED) is 0.498. The standard InChI is InChI=1S/C18H26N4O2S/c1-18(2,16(23)19-3)13-22-17(21-12-15-7-5-11-25-15)20-9-8-14-6-4-10-24-14/h4-7,10-11H,8-9,12-13H2,1-3H3,(H,19,23)(H2,20,21,22). The lowest BCUT2D eigenvalue weighted by Crippen LogP contribution is -2.47. The summed E-state index contributed by atoms with van der Waals surface area (Å²) in [6.45, 7) is 5.60. The first-order valence-corrected chi connectivity index (χ1v) is 9.18. The highest BCUT2D eigenvalue weighted by Crippen LogP contribution is 2.13. The molecular weight excluding hydrogens is 336 g/mol. The molecule has 2 rings (SSSR count). The van der Waals surface area contributed by atoms with Crippen LogP contribution in [0.5, 0.6) is 0 Å². The number of carbonyl (C=O) groups is 1. The first kappa shape index (κ1) is 19.1. The van der Waals surface area contributed by atoms with Crippen molar-refractivity contribution in [1.29, 1.82) is 0 Å². The molecule has 0 bridgehead atoms. The number of furan rings is 1. The predicted octanol–water partition coefficient (Wildman–Crippen LogP) is 2.39. The van der Waals surface area contributed by atoms with Crippen molar-refractivity contribution in [2.24, 2.45) is 10.4 Å². The third-order valence-electron chi connectivity index (χ3n) is 3.76. The SMILES string of the molecule is CNC(=O)C(C)(C)CNC(=NCc1cccs1)NCCc1ccco1. The smallest absolute Gasteiger partial charge is 0.227 e. The van der Waals surface area contributed by atoms with Gasteiger partial charge in [-0.2, -0.15) is 0 Å². The molecule has 3 N–H and O–H groups in total. The van der Waals surface area contributed by atoms with E-state index in [4.69, 9.17) is 4.42 Å². The highest BCUT2D eigenvalue weighted by molar-refractivity contribution is 7.09. The Kier molecular flexibility index (Phi) is 7.06. The van der Waals surface area contributed by atoms with Crippen LogP contribution in [0, 0.1) is 5.41 Å². The summed E-state index contributed by atoms with van der Waals surface area (Å²) < 4.78 is 5.34. The van der Waals surface area contributed by atoms with Crippen LogP contribution in [0.2, 0.25) is 0 Å². The predicted molar refractivity (Wildman–Crippen MR) is 102 cm³/mol. The molecule has 0 radical (unpaired) electrons. The van der Waals surface area contributed by atoms with E-state index in [1.165, 1.54) is 4.88 Å². The molecule has 0 atom stereocenters. The van der Waals surface area contributed by atoms with E-state index < -0.39 is 5.41 Å². The zero-order chi connectivity index (χ0) is 18.1. The second-order valence-electron chi connectivity index (χ2n) is 6.32. The van der Waals surface area contributed by atoms with Gasteiger partial charge in [0.25, 0.3) is 0 Å². The second-order valence-corrected chi connectivity index (χ2v) is 7.35. The van der Waals surface area contributed by atoms with Crippen molar-refractivity contribution >= 4 is 23.2 Å². The number of nitrogens with zero attached hydrogens (tertiary/aromatic N) is 1. The largest absolute Gasteiger partial charge is 0.469 e. The number of hydrogen-bond donors (Lipinski definition) is 3. The highest BCUT2D eigenvalue weighted by atomic mass is 32.1. The van der Waals surface area contributed by atoms with Crippen LogP contribution < -0.4 is 16.0 Å². The van der Waals surface area contributed by atoms with E-state index in [0.29, 0.717) is 25.6 Å². The average molecular weight is 362 g/mol. The summed E-state index contributed by atoms with van der Waals surface area (Å²) >= 11 is 1.68. The normalized spacial score (nSPS) is 12.0. The molecule has 0 aliphatic heterocycles. The molecule has 0 unspecified atom stereocenters. The fraction of sp³-hybridized carbons (Fsp3) is 0.444. The van der Waals surface area contributed by atoms with E-state index in [0.717, 1.165) is 12.2 Å². The van der Waals surface area contributed by atoms with Gasteiger partial charge in [-0.25, -0.2) is 4.99 Å². The first-order valence-electron chi connectivity index (χ1n) is 8.30. The van der Waals surface area contributed by atoms with Gasteiger partial charge in [-0.05, 0) is 37.4 Å². The molecule has 0 aliphatic carbocycles. The zero-order valence-electron chi connectivity index (χ0n) is 15.0. The molecule has 7 heteroatoms. The van der Waals surface area contributed by atoms with Crippen molar-refractivity contribution in [2.75, 3.05) is 20.1 Å².